The molecule has 0 radical (unpaired) electrons. The van der Waals surface area contributed by atoms with Crippen molar-refractivity contribution in [1.29, 1.82) is 0 Å². The van der Waals surface area contributed by atoms with E-state index in [1.807, 2.05) is 11.9 Å². The van der Waals surface area contributed by atoms with Crippen LogP contribution < -0.4 is 5.32 Å². The molecule has 19 heavy (non-hydrogen) atoms. The average Bonchev–Trinajstić information content (AvgIpc) is 2.47. The largest absolute Gasteiger partial charge is 0.378 e. The Bertz CT molecular complexity index is 272. The Labute approximate surface area is 116 Å². The van der Waals surface area contributed by atoms with Gasteiger partial charge in [0.2, 0.25) is 5.91 Å². The Morgan fingerprint density at radius 1 is 1.21 bits per heavy atom. The summed E-state index contributed by atoms with van der Waals surface area (Å²) in [5.74, 6) is 1.11. The molecule has 2 aliphatic rings. The quantitative estimate of drug-likeness (QED) is 0.772. The predicted octanol–water partition coefficient (Wildman–Crippen LogP) is 0.167. The number of rotatable bonds is 5. The highest BCUT2D eigenvalue weighted by Gasteiger charge is 2.23. The molecule has 0 saturated carbocycles. The van der Waals surface area contributed by atoms with Crippen molar-refractivity contribution in [3.05, 3.63) is 0 Å². The molecular weight excluding hydrogens is 242 g/mol. The fourth-order valence-electron chi connectivity index (χ4n) is 2.89. The van der Waals surface area contributed by atoms with Crippen LogP contribution in [0.1, 0.15) is 19.3 Å². The first kappa shape index (κ1) is 14.8. The van der Waals surface area contributed by atoms with E-state index in [2.05, 4.69) is 10.2 Å². The normalized spacial score (nSPS) is 22.7. The van der Waals surface area contributed by atoms with Crippen molar-refractivity contribution in [3.8, 4) is 0 Å². The van der Waals surface area contributed by atoms with Gasteiger partial charge < -0.3 is 15.0 Å². The van der Waals surface area contributed by atoms with Gasteiger partial charge in [0.05, 0.1) is 19.8 Å². The molecule has 1 amide bonds. The molecule has 0 spiro atoms. The van der Waals surface area contributed by atoms with E-state index in [0.29, 0.717) is 19.8 Å². The molecule has 5 nitrogen and oxygen atoms in total. The number of nitrogens with one attached hydrogen (secondary N) is 1. The molecule has 0 aromatic rings. The molecule has 2 heterocycles. The maximum atomic E-state index is 12.1. The topological polar surface area (TPSA) is 44.8 Å². The van der Waals surface area contributed by atoms with Crippen LogP contribution >= 0.6 is 0 Å². The summed E-state index contributed by atoms with van der Waals surface area (Å²) in [6.07, 6.45) is 3.73. The van der Waals surface area contributed by atoms with Crippen LogP contribution in [0, 0.1) is 5.92 Å². The van der Waals surface area contributed by atoms with Crippen LogP contribution in [-0.2, 0) is 9.53 Å². The maximum Gasteiger partial charge on any atom is 0.236 e. The van der Waals surface area contributed by atoms with E-state index < -0.39 is 0 Å². The number of amides is 1. The molecule has 110 valence electrons. The molecule has 0 aliphatic carbocycles. The number of ether oxygens (including phenoxy) is 1. The van der Waals surface area contributed by atoms with Crippen LogP contribution in [-0.4, -0.2) is 75.2 Å². The fraction of sp³-hybridized carbons (Fsp3) is 0.929. The van der Waals surface area contributed by atoms with Gasteiger partial charge in [0.1, 0.15) is 0 Å². The number of carbonyl (C=O) groups excluding carboxylic acids is 1. The molecule has 2 fully saturated rings. The van der Waals surface area contributed by atoms with Crippen molar-refractivity contribution >= 4 is 5.91 Å². The monoisotopic (exact) mass is 269 g/mol. The molecule has 1 N–H and O–H groups in total. The van der Waals surface area contributed by atoms with Gasteiger partial charge in [0.15, 0.2) is 0 Å². The second-order valence-corrected chi connectivity index (χ2v) is 5.60. The number of hydrogen-bond donors (Lipinski definition) is 1. The van der Waals surface area contributed by atoms with Crippen molar-refractivity contribution in [2.45, 2.75) is 19.3 Å². The molecule has 0 bridgehead atoms. The third kappa shape index (κ3) is 4.75. The standard InChI is InChI=1S/C14H27N3O2/c1-15-5-2-13-3-6-16(7-4-13)12-14(18)17-8-10-19-11-9-17/h13,15H,2-12H2,1H3. The van der Waals surface area contributed by atoms with Crippen LogP contribution in [0.2, 0.25) is 0 Å². The van der Waals surface area contributed by atoms with E-state index in [-0.39, 0.29) is 5.91 Å². The Balaban J connectivity index is 1.65. The highest BCUT2D eigenvalue weighted by molar-refractivity contribution is 5.78. The molecular formula is C14H27N3O2. The van der Waals surface area contributed by atoms with E-state index in [4.69, 9.17) is 4.74 Å². The van der Waals surface area contributed by atoms with E-state index in [9.17, 15) is 4.79 Å². The van der Waals surface area contributed by atoms with Gasteiger partial charge in [-0.1, -0.05) is 0 Å². The lowest BCUT2D eigenvalue weighted by atomic mass is 9.93. The van der Waals surface area contributed by atoms with Crippen LogP contribution in [0.3, 0.4) is 0 Å². The van der Waals surface area contributed by atoms with Crippen molar-refractivity contribution in [3.63, 3.8) is 0 Å². The third-order valence-electron chi connectivity index (χ3n) is 4.23. The Morgan fingerprint density at radius 2 is 1.89 bits per heavy atom. The molecule has 2 saturated heterocycles. The smallest absolute Gasteiger partial charge is 0.236 e. The van der Waals surface area contributed by atoms with Crippen LogP contribution in [0.5, 0.6) is 0 Å². The maximum absolute atomic E-state index is 12.1. The number of hydrogen-bond acceptors (Lipinski definition) is 4. The molecule has 0 aromatic carbocycles. The van der Waals surface area contributed by atoms with Gasteiger partial charge in [-0.3, -0.25) is 9.69 Å². The molecule has 2 aliphatic heterocycles. The summed E-state index contributed by atoms with van der Waals surface area (Å²) in [4.78, 5) is 16.4. The first-order valence-corrected chi connectivity index (χ1v) is 7.52. The first-order valence-electron chi connectivity index (χ1n) is 7.52. The second-order valence-electron chi connectivity index (χ2n) is 5.60. The summed E-state index contributed by atoms with van der Waals surface area (Å²) in [7, 11) is 2.01. The lowest BCUT2D eigenvalue weighted by Gasteiger charge is -2.34. The highest BCUT2D eigenvalue weighted by Crippen LogP contribution is 2.19. The van der Waals surface area contributed by atoms with Gasteiger partial charge in [0.25, 0.3) is 0 Å². The molecule has 2 rings (SSSR count). The van der Waals surface area contributed by atoms with Gasteiger partial charge >= 0.3 is 0 Å². The lowest BCUT2D eigenvalue weighted by molar-refractivity contribution is -0.136. The predicted molar refractivity (Wildman–Crippen MR) is 75.1 cm³/mol. The number of nitrogens with zero attached hydrogens (tertiary/aromatic N) is 2. The van der Waals surface area contributed by atoms with Crippen molar-refractivity contribution in [2.75, 3.05) is 59.5 Å². The Hall–Kier alpha value is -0.650. The summed E-state index contributed by atoms with van der Waals surface area (Å²) in [6.45, 7) is 6.76. The Morgan fingerprint density at radius 3 is 2.53 bits per heavy atom. The van der Waals surface area contributed by atoms with E-state index in [1.165, 1.54) is 19.3 Å². The zero-order chi connectivity index (χ0) is 13.5. The number of carbonyl (C=O) groups is 1. The minimum Gasteiger partial charge on any atom is -0.378 e. The van der Waals surface area contributed by atoms with Gasteiger partial charge in [-0.2, -0.15) is 0 Å². The van der Waals surface area contributed by atoms with Gasteiger partial charge in [-0.25, -0.2) is 0 Å². The molecule has 5 heteroatoms. The summed E-state index contributed by atoms with van der Waals surface area (Å²) in [6, 6.07) is 0. The Kier molecular flexibility index (Phi) is 6.07. The number of likely N-dealkylation sites (tertiary alicyclic amines) is 1. The molecule has 0 atom stereocenters. The second kappa shape index (κ2) is 7.82. The summed E-state index contributed by atoms with van der Waals surface area (Å²) < 4.78 is 5.28. The fourth-order valence-corrected chi connectivity index (χ4v) is 2.89. The average molecular weight is 269 g/mol. The van der Waals surface area contributed by atoms with Gasteiger partial charge in [-0.05, 0) is 51.9 Å². The SMILES string of the molecule is CNCCC1CCN(CC(=O)N2CCOCC2)CC1. The molecule has 0 aromatic heterocycles. The minimum atomic E-state index is 0.275. The van der Waals surface area contributed by atoms with Crippen LogP contribution in [0.4, 0.5) is 0 Å². The summed E-state index contributed by atoms with van der Waals surface area (Å²) in [5, 5.41) is 3.22. The van der Waals surface area contributed by atoms with Crippen molar-refractivity contribution in [1.82, 2.24) is 15.1 Å². The number of piperidine rings is 1. The summed E-state index contributed by atoms with van der Waals surface area (Å²) >= 11 is 0. The molecule has 0 unspecified atom stereocenters. The van der Waals surface area contributed by atoms with E-state index >= 15 is 0 Å². The highest BCUT2D eigenvalue weighted by atomic mass is 16.5. The van der Waals surface area contributed by atoms with Crippen LogP contribution in [0.15, 0.2) is 0 Å². The van der Waals surface area contributed by atoms with Gasteiger partial charge in [0, 0.05) is 13.1 Å². The third-order valence-corrected chi connectivity index (χ3v) is 4.23. The minimum absolute atomic E-state index is 0.275. The van der Waals surface area contributed by atoms with E-state index in [0.717, 1.165) is 38.6 Å². The van der Waals surface area contributed by atoms with E-state index in [1.54, 1.807) is 0 Å². The van der Waals surface area contributed by atoms with Crippen LogP contribution in [0.25, 0.3) is 0 Å². The van der Waals surface area contributed by atoms with Gasteiger partial charge in [-0.15, -0.1) is 0 Å². The zero-order valence-corrected chi connectivity index (χ0v) is 12.1. The number of morpholine rings is 1. The van der Waals surface area contributed by atoms with Crippen molar-refractivity contribution < 1.29 is 9.53 Å². The summed E-state index contributed by atoms with van der Waals surface area (Å²) in [5.41, 5.74) is 0. The van der Waals surface area contributed by atoms with Crippen molar-refractivity contribution in [2.24, 2.45) is 5.92 Å². The zero-order valence-electron chi connectivity index (χ0n) is 12.1. The lowest BCUT2D eigenvalue weighted by Crippen LogP contribution is -2.47. The first-order chi connectivity index (χ1) is 9.29.